The highest BCUT2D eigenvalue weighted by molar-refractivity contribution is 6.19. The van der Waals surface area contributed by atoms with Gasteiger partial charge in [-0.25, -0.2) is 4.79 Å². The Morgan fingerprint density at radius 1 is 1.60 bits per heavy atom. The summed E-state index contributed by atoms with van der Waals surface area (Å²) in [6.07, 6.45) is 0.181. The Balaban J connectivity index is 2.35. The highest BCUT2D eigenvalue weighted by atomic mass is 35.5. The molecule has 1 N–H and O–H groups in total. The molecule has 5 nitrogen and oxygen atoms in total. The van der Waals surface area contributed by atoms with Crippen molar-refractivity contribution in [1.29, 1.82) is 0 Å². The van der Waals surface area contributed by atoms with Gasteiger partial charge < -0.3 is 9.64 Å². The Bertz CT molecular complexity index is 248. The number of carbonyl (C=O) groups excluding carboxylic acids is 2. The number of carbonyl (C=O) groups is 2. The lowest BCUT2D eigenvalue weighted by Gasteiger charge is -2.30. The summed E-state index contributed by atoms with van der Waals surface area (Å²) in [6.45, 7) is 3.43. The summed E-state index contributed by atoms with van der Waals surface area (Å²) in [5, 5.41) is 2.28. The third-order valence-electron chi connectivity index (χ3n) is 2.10. The standard InChI is InChI=1S/C9H15ClN2O3/c1-7-6-12(4-5-15-7)9(14)11-8(13)2-3-10/h7H,2-6H2,1H3,(H,11,13,14). The molecule has 1 fully saturated rings. The minimum absolute atomic E-state index is 0.0210. The highest BCUT2D eigenvalue weighted by Crippen LogP contribution is 2.04. The largest absolute Gasteiger partial charge is 0.375 e. The van der Waals surface area contributed by atoms with Crippen LogP contribution in [0.4, 0.5) is 4.79 Å². The summed E-state index contributed by atoms with van der Waals surface area (Å²) in [7, 11) is 0. The minimum atomic E-state index is -0.361. The number of alkyl halides is 1. The van der Waals surface area contributed by atoms with Gasteiger partial charge >= 0.3 is 6.03 Å². The van der Waals surface area contributed by atoms with Crippen LogP contribution in [0.3, 0.4) is 0 Å². The number of halogens is 1. The fourth-order valence-corrected chi connectivity index (χ4v) is 1.52. The number of morpholine rings is 1. The molecule has 0 aromatic rings. The molecule has 1 heterocycles. The van der Waals surface area contributed by atoms with E-state index in [9.17, 15) is 9.59 Å². The average molecular weight is 235 g/mol. The van der Waals surface area contributed by atoms with E-state index < -0.39 is 0 Å². The van der Waals surface area contributed by atoms with Crippen LogP contribution >= 0.6 is 11.6 Å². The Morgan fingerprint density at radius 3 is 2.93 bits per heavy atom. The van der Waals surface area contributed by atoms with E-state index in [2.05, 4.69) is 5.32 Å². The van der Waals surface area contributed by atoms with Crippen LogP contribution in [-0.2, 0) is 9.53 Å². The number of imide groups is 1. The maximum absolute atomic E-state index is 11.5. The highest BCUT2D eigenvalue weighted by Gasteiger charge is 2.22. The Kier molecular flexibility index (Phi) is 4.84. The fraction of sp³-hybridized carbons (Fsp3) is 0.778. The predicted octanol–water partition coefficient (Wildman–Crippen LogP) is 0.572. The summed E-state index contributed by atoms with van der Waals surface area (Å²) in [5.41, 5.74) is 0. The van der Waals surface area contributed by atoms with E-state index in [4.69, 9.17) is 16.3 Å². The van der Waals surface area contributed by atoms with E-state index in [0.29, 0.717) is 19.7 Å². The molecular weight excluding hydrogens is 220 g/mol. The van der Waals surface area contributed by atoms with Gasteiger partial charge in [0.1, 0.15) is 0 Å². The van der Waals surface area contributed by atoms with Gasteiger partial charge in [-0.2, -0.15) is 0 Å². The lowest BCUT2D eigenvalue weighted by molar-refractivity contribution is -0.120. The van der Waals surface area contributed by atoms with Crippen molar-refractivity contribution in [3.63, 3.8) is 0 Å². The van der Waals surface area contributed by atoms with Crippen LogP contribution in [-0.4, -0.2) is 48.5 Å². The number of rotatable bonds is 2. The molecule has 1 saturated heterocycles. The van der Waals surface area contributed by atoms with E-state index in [1.807, 2.05) is 6.92 Å². The van der Waals surface area contributed by atoms with Crippen LogP contribution in [0.25, 0.3) is 0 Å². The van der Waals surface area contributed by atoms with Crippen LogP contribution in [0.15, 0.2) is 0 Å². The van der Waals surface area contributed by atoms with Gasteiger partial charge in [-0.3, -0.25) is 10.1 Å². The van der Waals surface area contributed by atoms with E-state index in [1.165, 1.54) is 0 Å². The molecule has 1 aliphatic heterocycles. The second-order valence-corrected chi connectivity index (χ2v) is 3.80. The second-order valence-electron chi connectivity index (χ2n) is 3.42. The van der Waals surface area contributed by atoms with Crippen molar-refractivity contribution in [3.8, 4) is 0 Å². The molecule has 1 atom stereocenters. The molecule has 86 valence electrons. The van der Waals surface area contributed by atoms with Crippen LogP contribution in [0.1, 0.15) is 13.3 Å². The van der Waals surface area contributed by atoms with E-state index in [1.54, 1.807) is 4.90 Å². The normalized spacial score (nSPS) is 21.2. The number of hydrogen-bond acceptors (Lipinski definition) is 3. The zero-order valence-corrected chi connectivity index (χ0v) is 9.42. The average Bonchev–Trinajstić information content (AvgIpc) is 2.18. The van der Waals surface area contributed by atoms with E-state index in [0.717, 1.165) is 0 Å². The molecule has 0 aliphatic carbocycles. The topological polar surface area (TPSA) is 58.6 Å². The number of ether oxygens (including phenoxy) is 1. The van der Waals surface area contributed by atoms with Crippen molar-refractivity contribution in [2.45, 2.75) is 19.4 Å². The number of urea groups is 1. The van der Waals surface area contributed by atoms with Crippen molar-refractivity contribution >= 4 is 23.5 Å². The monoisotopic (exact) mass is 234 g/mol. The van der Waals surface area contributed by atoms with Gasteiger partial charge in [0.15, 0.2) is 0 Å². The summed E-state index contributed by atoms with van der Waals surface area (Å²) in [6, 6.07) is -0.361. The van der Waals surface area contributed by atoms with Gasteiger partial charge in [0.2, 0.25) is 5.91 Å². The third kappa shape index (κ3) is 4.05. The first-order valence-corrected chi connectivity index (χ1v) is 5.43. The SMILES string of the molecule is CC1CN(C(=O)NC(=O)CCCl)CCO1. The van der Waals surface area contributed by atoms with Crippen molar-refractivity contribution < 1.29 is 14.3 Å². The maximum Gasteiger partial charge on any atom is 0.324 e. The number of hydrogen-bond donors (Lipinski definition) is 1. The van der Waals surface area contributed by atoms with Crippen LogP contribution in [0.2, 0.25) is 0 Å². The molecule has 1 rings (SSSR count). The quantitative estimate of drug-likeness (QED) is 0.711. The van der Waals surface area contributed by atoms with Gasteiger partial charge in [-0.15, -0.1) is 11.6 Å². The molecule has 0 saturated carbocycles. The van der Waals surface area contributed by atoms with E-state index >= 15 is 0 Å². The summed E-state index contributed by atoms with van der Waals surface area (Å²) < 4.78 is 5.28. The molecule has 6 heteroatoms. The third-order valence-corrected chi connectivity index (χ3v) is 2.29. The molecule has 1 unspecified atom stereocenters. The maximum atomic E-state index is 11.5. The molecule has 3 amide bonds. The molecule has 0 bridgehead atoms. The molecule has 1 aliphatic rings. The predicted molar refractivity (Wildman–Crippen MR) is 55.9 cm³/mol. The van der Waals surface area contributed by atoms with Gasteiger partial charge in [-0.05, 0) is 6.92 Å². The molecule has 15 heavy (non-hydrogen) atoms. The molecule has 0 spiro atoms. The lowest BCUT2D eigenvalue weighted by Crippen LogP contribution is -2.50. The zero-order valence-electron chi connectivity index (χ0n) is 8.66. The molecule has 0 aromatic carbocycles. The first kappa shape index (κ1) is 12.3. The Morgan fingerprint density at radius 2 is 2.33 bits per heavy atom. The van der Waals surface area contributed by atoms with Crippen molar-refractivity contribution in [1.82, 2.24) is 10.2 Å². The fourth-order valence-electron chi connectivity index (χ4n) is 1.35. The Hall–Kier alpha value is -0.810. The Labute approximate surface area is 93.7 Å². The minimum Gasteiger partial charge on any atom is -0.375 e. The van der Waals surface area contributed by atoms with Crippen LogP contribution < -0.4 is 5.32 Å². The second kappa shape index (κ2) is 5.92. The van der Waals surface area contributed by atoms with Crippen molar-refractivity contribution in [3.05, 3.63) is 0 Å². The molecular formula is C9H15ClN2O3. The molecule has 0 aromatic heterocycles. The zero-order chi connectivity index (χ0) is 11.3. The van der Waals surface area contributed by atoms with Crippen molar-refractivity contribution in [2.24, 2.45) is 0 Å². The number of amides is 3. The van der Waals surface area contributed by atoms with Crippen molar-refractivity contribution in [2.75, 3.05) is 25.6 Å². The van der Waals surface area contributed by atoms with Crippen LogP contribution in [0, 0.1) is 0 Å². The van der Waals surface area contributed by atoms with E-state index in [-0.39, 0.29) is 30.3 Å². The van der Waals surface area contributed by atoms with Gasteiger partial charge in [0, 0.05) is 25.4 Å². The summed E-state index contributed by atoms with van der Waals surface area (Å²) in [4.78, 5) is 24.2. The molecule has 0 radical (unpaired) electrons. The number of nitrogens with one attached hydrogen (secondary N) is 1. The number of nitrogens with zero attached hydrogens (tertiary/aromatic N) is 1. The lowest BCUT2D eigenvalue weighted by atomic mass is 10.3. The van der Waals surface area contributed by atoms with Gasteiger partial charge in [-0.1, -0.05) is 0 Å². The summed E-state index contributed by atoms with van der Waals surface area (Å²) in [5.74, 6) is -0.118. The van der Waals surface area contributed by atoms with Gasteiger partial charge in [0.05, 0.1) is 12.7 Å². The van der Waals surface area contributed by atoms with Crippen LogP contribution in [0.5, 0.6) is 0 Å². The first-order chi connectivity index (χ1) is 7.13. The first-order valence-electron chi connectivity index (χ1n) is 4.90. The smallest absolute Gasteiger partial charge is 0.324 e. The summed E-state index contributed by atoms with van der Waals surface area (Å²) >= 11 is 5.38. The van der Waals surface area contributed by atoms with Gasteiger partial charge in [0.25, 0.3) is 0 Å².